The second-order valence-corrected chi connectivity index (χ2v) is 3.09. The molecular weight excluding hydrogens is 206 g/mol. The van der Waals surface area contributed by atoms with E-state index in [1.807, 2.05) is 20.8 Å². The fourth-order valence-electron chi connectivity index (χ4n) is 1.09. The van der Waals surface area contributed by atoms with Crippen LogP contribution in [0.2, 0.25) is 0 Å². The predicted molar refractivity (Wildman–Crippen MR) is 64.1 cm³/mol. The molecule has 0 saturated heterocycles. The van der Waals surface area contributed by atoms with Gasteiger partial charge in [-0.25, -0.2) is 4.98 Å². The highest BCUT2D eigenvalue weighted by Crippen LogP contribution is 1.90. The zero-order valence-corrected chi connectivity index (χ0v) is 10.4. The second kappa shape index (κ2) is 10.6. The Morgan fingerprint density at radius 2 is 2.00 bits per heavy atom. The molecule has 0 aliphatic rings. The molecule has 0 bridgehead atoms. The van der Waals surface area contributed by atoms with Gasteiger partial charge >= 0.3 is 0 Å². The normalized spacial score (nSPS) is 10.1. The van der Waals surface area contributed by atoms with Crippen molar-refractivity contribution >= 4 is 0 Å². The van der Waals surface area contributed by atoms with Gasteiger partial charge in [0.1, 0.15) is 0 Å². The summed E-state index contributed by atoms with van der Waals surface area (Å²) in [5.41, 5.74) is 6.38. The van der Waals surface area contributed by atoms with Crippen LogP contribution in [0.3, 0.4) is 0 Å². The van der Waals surface area contributed by atoms with E-state index in [0.29, 0.717) is 6.54 Å². The van der Waals surface area contributed by atoms with Crippen molar-refractivity contribution in [3.63, 3.8) is 0 Å². The van der Waals surface area contributed by atoms with E-state index in [0.717, 1.165) is 25.3 Å². The lowest BCUT2D eigenvalue weighted by Crippen LogP contribution is -2.11. The van der Waals surface area contributed by atoms with E-state index in [1.54, 1.807) is 12.5 Å². The van der Waals surface area contributed by atoms with Crippen molar-refractivity contribution in [3.05, 3.63) is 18.2 Å². The van der Waals surface area contributed by atoms with Gasteiger partial charge in [-0.1, -0.05) is 0 Å². The van der Waals surface area contributed by atoms with Crippen LogP contribution in [0, 0.1) is 0 Å². The Labute approximate surface area is 97.4 Å². The van der Waals surface area contributed by atoms with Crippen LogP contribution in [0.4, 0.5) is 0 Å². The van der Waals surface area contributed by atoms with Gasteiger partial charge < -0.3 is 20.2 Å². The lowest BCUT2D eigenvalue weighted by Gasteiger charge is -2.09. The average molecular weight is 229 g/mol. The molecule has 0 radical (unpaired) electrons. The number of aromatic nitrogens is 2. The molecule has 0 unspecified atom stereocenters. The summed E-state index contributed by atoms with van der Waals surface area (Å²) in [6.07, 6.45) is 4.29. The standard InChI is InChI=1S/C6H14O2.C5H9N3/c1-4-7-6(3)8-5-2;6-2-1-5-3-7-4-8-5/h6H,4-5H2,1-3H3;3-4H,1-2,6H2,(H,7,8). The van der Waals surface area contributed by atoms with Crippen LogP contribution >= 0.6 is 0 Å². The van der Waals surface area contributed by atoms with Crippen molar-refractivity contribution in [2.24, 2.45) is 5.73 Å². The van der Waals surface area contributed by atoms with Gasteiger partial charge in [-0.05, 0) is 27.3 Å². The fourth-order valence-corrected chi connectivity index (χ4v) is 1.09. The van der Waals surface area contributed by atoms with Gasteiger partial charge in [0.25, 0.3) is 0 Å². The second-order valence-electron chi connectivity index (χ2n) is 3.09. The monoisotopic (exact) mass is 229 g/mol. The Balaban J connectivity index is 0.000000281. The Bertz CT molecular complexity index is 221. The number of nitrogens with zero attached hydrogens (tertiary/aromatic N) is 1. The first-order valence-corrected chi connectivity index (χ1v) is 5.65. The van der Waals surface area contributed by atoms with Crippen molar-refractivity contribution in [2.45, 2.75) is 33.5 Å². The van der Waals surface area contributed by atoms with Gasteiger partial charge in [0.2, 0.25) is 0 Å². The third-order valence-electron chi connectivity index (χ3n) is 1.77. The van der Waals surface area contributed by atoms with E-state index in [9.17, 15) is 0 Å². The predicted octanol–water partition coefficient (Wildman–Crippen LogP) is 1.32. The minimum Gasteiger partial charge on any atom is -0.353 e. The van der Waals surface area contributed by atoms with Crippen molar-refractivity contribution in [2.75, 3.05) is 19.8 Å². The van der Waals surface area contributed by atoms with Gasteiger partial charge in [-0.15, -0.1) is 0 Å². The van der Waals surface area contributed by atoms with Crippen LogP contribution in [-0.4, -0.2) is 36.0 Å². The molecular formula is C11H23N3O2. The summed E-state index contributed by atoms with van der Waals surface area (Å²) in [7, 11) is 0. The SMILES string of the molecule is CCOC(C)OCC.NCCc1cnc[nH]1. The highest BCUT2D eigenvalue weighted by Gasteiger charge is 1.94. The summed E-state index contributed by atoms with van der Waals surface area (Å²) in [6.45, 7) is 7.93. The van der Waals surface area contributed by atoms with Gasteiger partial charge in [-0.3, -0.25) is 0 Å². The van der Waals surface area contributed by atoms with E-state index in [4.69, 9.17) is 15.2 Å². The minimum atomic E-state index is -0.0370. The molecule has 16 heavy (non-hydrogen) atoms. The number of H-pyrrole nitrogens is 1. The van der Waals surface area contributed by atoms with E-state index in [1.165, 1.54) is 0 Å². The lowest BCUT2D eigenvalue weighted by molar-refractivity contribution is -0.123. The number of hydrogen-bond donors (Lipinski definition) is 2. The zero-order chi connectivity index (χ0) is 12.2. The lowest BCUT2D eigenvalue weighted by atomic mass is 10.3. The Morgan fingerprint density at radius 1 is 1.38 bits per heavy atom. The van der Waals surface area contributed by atoms with E-state index in [2.05, 4.69) is 9.97 Å². The summed E-state index contributed by atoms with van der Waals surface area (Å²) < 4.78 is 10.1. The summed E-state index contributed by atoms with van der Waals surface area (Å²) in [4.78, 5) is 6.78. The Kier molecular flexibility index (Phi) is 10.00. The summed E-state index contributed by atoms with van der Waals surface area (Å²) >= 11 is 0. The van der Waals surface area contributed by atoms with E-state index < -0.39 is 0 Å². The number of ether oxygens (including phenoxy) is 2. The van der Waals surface area contributed by atoms with Gasteiger partial charge in [0, 0.05) is 31.5 Å². The fraction of sp³-hybridized carbons (Fsp3) is 0.727. The maximum Gasteiger partial charge on any atom is 0.154 e. The third kappa shape index (κ3) is 8.40. The zero-order valence-electron chi connectivity index (χ0n) is 10.4. The van der Waals surface area contributed by atoms with Crippen molar-refractivity contribution < 1.29 is 9.47 Å². The van der Waals surface area contributed by atoms with Crippen LogP contribution in [0.5, 0.6) is 0 Å². The highest BCUT2D eigenvalue weighted by molar-refractivity contribution is 4.93. The molecule has 5 nitrogen and oxygen atoms in total. The Morgan fingerprint density at radius 3 is 2.38 bits per heavy atom. The average Bonchev–Trinajstić information content (AvgIpc) is 2.73. The molecule has 0 atom stereocenters. The molecule has 0 fully saturated rings. The molecule has 1 aromatic rings. The number of imidazole rings is 1. The highest BCUT2D eigenvalue weighted by atomic mass is 16.7. The number of nitrogens with two attached hydrogens (primary N) is 1. The minimum absolute atomic E-state index is 0.0370. The topological polar surface area (TPSA) is 73.2 Å². The molecule has 0 amide bonds. The molecule has 0 saturated carbocycles. The van der Waals surface area contributed by atoms with Crippen LogP contribution in [-0.2, 0) is 15.9 Å². The van der Waals surface area contributed by atoms with Gasteiger partial charge in [0.15, 0.2) is 6.29 Å². The molecule has 1 aromatic heterocycles. The maximum atomic E-state index is 5.27. The Hall–Kier alpha value is -0.910. The quantitative estimate of drug-likeness (QED) is 0.721. The molecule has 0 aromatic carbocycles. The van der Waals surface area contributed by atoms with E-state index in [-0.39, 0.29) is 6.29 Å². The van der Waals surface area contributed by atoms with Crippen molar-refractivity contribution in [1.82, 2.24) is 9.97 Å². The number of rotatable bonds is 6. The largest absolute Gasteiger partial charge is 0.353 e. The van der Waals surface area contributed by atoms with Crippen LogP contribution in [0.1, 0.15) is 26.5 Å². The molecule has 94 valence electrons. The number of hydrogen-bond acceptors (Lipinski definition) is 4. The van der Waals surface area contributed by atoms with Crippen LogP contribution in [0.15, 0.2) is 12.5 Å². The maximum absolute atomic E-state index is 5.27. The summed E-state index contributed by atoms with van der Waals surface area (Å²) in [5.74, 6) is 0. The molecule has 1 heterocycles. The summed E-state index contributed by atoms with van der Waals surface area (Å²) in [6, 6.07) is 0. The molecule has 3 N–H and O–H groups in total. The summed E-state index contributed by atoms with van der Waals surface area (Å²) in [5, 5.41) is 0. The van der Waals surface area contributed by atoms with Crippen molar-refractivity contribution in [3.8, 4) is 0 Å². The van der Waals surface area contributed by atoms with Gasteiger partial charge in [0.05, 0.1) is 6.33 Å². The van der Waals surface area contributed by atoms with Crippen LogP contribution < -0.4 is 5.73 Å². The smallest absolute Gasteiger partial charge is 0.154 e. The van der Waals surface area contributed by atoms with E-state index >= 15 is 0 Å². The van der Waals surface area contributed by atoms with Crippen molar-refractivity contribution in [1.29, 1.82) is 0 Å². The first-order valence-electron chi connectivity index (χ1n) is 5.65. The number of aromatic amines is 1. The molecule has 1 rings (SSSR count). The first kappa shape index (κ1) is 15.1. The van der Waals surface area contributed by atoms with Gasteiger partial charge in [-0.2, -0.15) is 0 Å². The third-order valence-corrected chi connectivity index (χ3v) is 1.77. The van der Waals surface area contributed by atoms with Crippen LogP contribution in [0.25, 0.3) is 0 Å². The molecule has 0 aliphatic carbocycles. The number of nitrogens with one attached hydrogen (secondary N) is 1. The first-order chi connectivity index (χ1) is 7.74. The molecule has 5 heteroatoms. The molecule has 0 aliphatic heterocycles. The molecule has 0 spiro atoms.